The molecule has 0 atom stereocenters. The van der Waals surface area contributed by atoms with Crippen LogP contribution in [-0.2, 0) is 19.5 Å². The molecule has 36 heavy (non-hydrogen) atoms. The van der Waals surface area contributed by atoms with Gasteiger partial charge in [0.05, 0.1) is 36.4 Å². The number of amidine groups is 1. The Hall–Kier alpha value is -2.84. The van der Waals surface area contributed by atoms with Gasteiger partial charge in [-0.25, -0.2) is 9.97 Å². The van der Waals surface area contributed by atoms with Crippen molar-refractivity contribution in [1.29, 1.82) is 0 Å². The molecule has 8 heteroatoms. The van der Waals surface area contributed by atoms with E-state index in [1.54, 1.807) is 0 Å². The van der Waals surface area contributed by atoms with Crippen molar-refractivity contribution >= 4 is 16.9 Å². The molecule has 0 bridgehead atoms. The zero-order valence-corrected chi connectivity index (χ0v) is 22.3. The van der Waals surface area contributed by atoms with Crippen LogP contribution < -0.4 is 0 Å². The van der Waals surface area contributed by atoms with Crippen molar-refractivity contribution in [3.63, 3.8) is 0 Å². The third-order valence-corrected chi connectivity index (χ3v) is 6.76. The summed E-state index contributed by atoms with van der Waals surface area (Å²) in [5.41, 5.74) is 4.26. The molecule has 2 aromatic heterocycles. The number of imidazole rings is 1. The molecule has 1 aromatic carbocycles. The van der Waals surface area contributed by atoms with Crippen LogP contribution in [0.5, 0.6) is 0 Å². The third-order valence-electron chi connectivity index (χ3n) is 6.76. The molecule has 1 N–H and O–H groups in total. The number of nitrogens with one attached hydrogen (secondary N) is 1. The fourth-order valence-corrected chi connectivity index (χ4v) is 4.89. The molecule has 0 saturated carbocycles. The van der Waals surface area contributed by atoms with Crippen LogP contribution in [0.15, 0.2) is 41.8 Å². The minimum Gasteiger partial charge on any atom is -0.360 e. The first-order valence-corrected chi connectivity index (χ1v) is 13.6. The molecule has 0 spiro atoms. The summed E-state index contributed by atoms with van der Waals surface area (Å²) >= 11 is 0. The fourth-order valence-electron chi connectivity index (χ4n) is 4.89. The minimum atomic E-state index is 0.746. The average molecular weight is 491 g/mol. The van der Waals surface area contributed by atoms with Gasteiger partial charge in [-0.15, -0.1) is 0 Å². The molecule has 0 unspecified atom stereocenters. The standard InChI is InChI=1S/C28H42N8/c1-4-14-35(15-5-2)16-7-6-8-24-19-32-26-18-23(9-10-25(26)33-24)20-36(21-27-29-11-12-30-27)22-28-31-13-17-34(28)3/h9-12,18-19H,4-8,13-17,20-22H2,1-3H3,(H,29,30). The molecule has 3 aromatic rings. The van der Waals surface area contributed by atoms with Gasteiger partial charge in [0, 0.05) is 38.7 Å². The highest BCUT2D eigenvalue weighted by Crippen LogP contribution is 2.17. The van der Waals surface area contributed by atoms with E-state index in [-0.39, 0.29) is 0 Å². The molecule has 194 valence electrons. The first-order chi connectivity index (χ1) is 17.6. The van der Waals surface area contributed by atoms with Crippen molar-refractivity contribution in [2.45, 2.75) is 59.0 Å². The molecule has 1 aliphatic heterocycles. The number of aliphatic imine (C=N–C) groups is 1. The van der Waals surface area contributed by atoms with E-state index >= 15 is 0 Å². The van der Waals surface area contributed by atoms with E-state index in [2.05, 4.69) is 63.8 Å². The number of rotatable bonds is 15. The van der Waals surface area contributed by atoms with Gasteiger partial charge in [-0.2, -0.15) is 0 Å². The smallest absolute Gasteiger partial charge is 0.120 e. The molecule has 1 aliphatic rings. The molecule has 8 nitrogen and oxygen atoms in total. The van der Waals surface area contributed by atoms with Crippen LogP contribution in [0.4, 0.5) is 0 Å². The summed E-state index contributed by atoms with van der Waals surface area (Å²) in [7, 11) is 2.12. The summed E-state index contributed by atoms with van der Waals surface area (Å²) in [4.78, 5) is 29.2. The number of benzene rings is 1. The number of unbranched alkanes of at least 4 members (excludes halogenated alkanes) is 1. The Morgan fingerprint density at radius 3 is 2.53 bits per heavy atom. The first-order valence-electron chi connectivity index (χ1n) is 13.6. The zero-order valence-electron chi connectivity index (χ0n) is 22.3. The lowest BCUT2D eigenvalue weighted by Gasteiger charge is -2.24. The Balaban J connectivity index is 1.36. The molecular formula is C28H42N8. The quantitative estimate of drug-likeness (QED) is 0.323. The van der Waals surface area contributed by atoms with E-state index in [1.807, 2.05) is 18.6 Å². The Kier molecular flexibility index (Phi) is 9.81. The van der Waals surface area contributed by atoms with Crippen LogP contribution in [0.2, 0.25) is 0 Å². The highest BCUT2D eigenvalue weighted by Gasteiger charge is 2.18. The molecule has 0 saturated heterocycles. The summed E-state index contributed by atoms with van der Waals surface area (Å²) in [6, 6.07) is 6.48. The lowest BCUT2D eigenvalue weighted by molar-refractivity contribution is 0.269. The van der Waals surface area contributed by atoms with Crippen LogP contribution in [0, 0.1) is 0 Å². The normalized spacial score (nSPS) is 13.9. The van der Waals surface area contributed by atoms with Gasteiger partial charge in [0.15, 0.2) is 0 Å². The van der Waals surface area contributed by atoms with E-state index < -0.39 is 0 Å². The van der Waals surface area contributed by atoms with E-state index in [0.717, 1.165) is 74.0 Å². The van der Waals surface area contributed by atoms with Gasteiger partial charge in [0.25, 0.3) is 0 Å². The maximum absolute atomic E-state index is 4.91. The van der Waals surface area contributed by atoms with Crippen molar-refractivity contribution in [2.24, 2.45) is 4.99 Å². The fraction of sp³-hybridized carbons (Fsp3) is 0.571. The van der Waals surface area contributed by atoms with Crippen LogP contribution in [0.25, 0.3) is 11.0 Å². The van der Waals surface area contributed by atoms with Crippen molar-refractivity contribution in [2.75, 3.05) is 46.3 Å². The van der Waals surface area contributed by atoms with Crippen LogP contribution in [0.3, 0.4) is 0 Å². The summed E-state index contributed by atoms with van der Waals surface area (Å²) in [6.45, 7) is 12.3. The average Bonchev–Trinajstić information content (AvgIpc) is 3.54. The van der Waals surface area contributed by atoms with Gasteiger partial charge in [-0.05, 0) is 69.4 Å². The second kappa shape index (κ2) is 13.5. The minimum absolute atomic E-state index is 0.746. The molecule has 0 amide bonds. The Morgan fingerprint density at radius 2 is 1.81 bits per heavy atom. The van der Waals surface area contributed by atoms with Gasteiger partial charge < -0.3 is 14.8 Å². The van der Waals surface area contributed by atoms with Crippen molar-refractivity contribution in [3.8, 4) is 0 Å². The van der Waals surface area contributed by atoms with Gasteiger partial charge in [-0.1, -0.05) is 19.9 Å². The molecule has 0 aliphatic carbocycles. The van der Waals surface area contributed by atoms with Gasteiger partial charge in [0.1, 0.15) is 11.7 Å². The van der Waals surface area contributed by atoms with E-state index in [1.165, 1.54) is 44.5 Å². The van der Waals surface area contributed by atoms with E-state index in [4.69, 9.17) is 15.0 Å². The monoisotopic (exact) mass is 490 g/mol. The lowest BCUT2D eigenvalue weighted by atomic mass is 10.1. The molecule has 0 fully saturated rings. The number of H-pyrrole nitrogens is 1. The third kappa shape index (κ3) is 7.58. The Morgan fingerprint density at radius 1 is 0.944 bits per heavy atom. The number of nitrogens with zero attached hydrogens (tertiary/aromatic N) is 7. The number of aromatic nitrogens is 4. The number of hydrogen-bond acceptors (Lipinski definition) is 7. The number of hydrogen-bond donors (Lipinski definition) is 1. The van der Waals surface area contributed by atoms with Crippen LogP contribution in [-0.4, -0.2) is 86.8 Å². The maximum atomic E-state index is 4.91. The number of fused-ring (bicyclic) bond motifs is 1. The van der Waals surface area contributed by atoms with Crippen molar-refractivity contribution < 1.29 is 0 Å². The van der Waals surface area contributed by atoms with E-state index in [9.17, 15) is 0 Å². The van der Waals surface area contributed by atoms with Gasteiger partial charge >= 0.3 is 0 Å². The number of aromatic amines is 1. The first kappa shape index (κ1) is 26.2. The van der Waals surface area contributed by atoms with Crippen LogP contribution in [0.1, 0.15) is 56.6 Å². The molecule has 0 radical (unpaired) electrons. The molecule has 4 rings (SSSR count). The molecular weight excluding hydrogens is 448 g/mol. The topological polar surface area (TPSA) is 76.5 Å². The van der Waals surface area contributed by atoms with E-state index in [0.29, 0.717) is 0 Å². The summed E-state index contributed by atoms with van der Waals surface area (Å²) in [6.07, 6.45) is 11.5. The molecule has 3 heterocycles. The second-order valence-electron chi connectivity index (χ2n) is 9.88. The zero-order chi connectivity index (χ0) is 25.2. The van der Waals surface area contributed by atoms with Gasteiger partial charge in [-0.3, -0.25) is 14.9 Å². The summed E-state index contributed by atoms with van der Waals surface area (Å²) in [5, 5.41) is 0. The summed E-state index contributed by atoms with van der Waals surface area (Å²) in [5.74, 6) is 2.10. The lowest BCUT2D eigenvalue weighted by Crippen LogP contribution is -2.36. The number of aryl methyl sites for hydroxylation is 1. The van der Waals surface area contributed by atoms with Crippen molar-refractivity contribution in [1.82, 2.24) is 34.6 Å². The second-order valence-corrected chi connectivity index (χ2v) is 9.88. The van der Waals surface area contributed by atoms with Gasteiger partial charge in [0.2, 0.25) is 0 Å². The number of likely N-dealkylation sites (N-methyl/N-ethyl adjacent to an activating group) is 1. The predicted octanol–water partition coefficient (Wildman–Crippen LogP) is 4.14. The largest absolute Gasteiger partial charge is 0.360 e. The Labute approximate surface area is 215 Å². The Bertz CT molecular complexity index is 1090. The highest BCUT2D eigenvalue weighted by atomic mass is 15.3. The predicted molar refractivity (Wildman–Crippen MR) is 147 cm³/mol. The van der Waals surface area contributed by atoms with Crippen LogP contribution >= 0.6 is 0 Å². The maximum Gasteiger partial charge on any atom is 0.120 e. The highest BCUT2D eigenvalue weighted by molar-refractivity contribution is 5.85. The van der Waals surface area contributed by atoms with Crippen molar-refractivity contribution in [3.05, 3.63) is 53.9 Å². The SMILES string of the molecule is CCCN(CCC)CCCCc1cnc2cc(CN(CC3=NCCN3C)Cc3ncc[nH]3)ccc2n1. The summed E-state index contributed by atoms with van der Waals surface area (Å²) < 4.78 is 0.